The average Bonchev–Trinajstić information content (AvgIpc) is 2.44. The average molecular weight is 432 g/mol. The third-order valence-corrected chi connectivity index (χ3v) is 10.3. The van der Waals surface area contributed by atoms with Crippen molar-refractivity contribution in [3.63, 3.8) is 0 Å². The summed E-state index contributed by atoms with van der Waals surface area (Å²) < 4.78 is 1.03. The summed E-state index contributed by atoms with van der Waals surface area (Å²) in [5.74, 6) is 4.75. The fraction of sp³-hybridized carbons (Fsp3) is 0.667. The second-order valence-electron chi connectivity index (χ2n) is 6.56. The molecule has 0 saturated heterocycles. The molecule has 0 aromatic rings. The molecule has 0 saturated carbocycles. The summed E-state index contributed by atoms with van der Waals surface area (Å²) in [6.07, 6.45) is 8.05. The van der Waals surface area contributed by atoms with E-state index in [2.05, 4.69) is 96.2 Å². The van der Waals surface area contributed by atoms with Gasteiger partial charge in [-0.1, -0.05) is 45.9 Å². The van der Waals surface area contributed by atoms with Crippen LogP contribution in [0.5, 0.6) is 0 Å². The molecular formula is C18H28Br2Si. The van der Waals surface area contributed by atoms with Crippen LogP contribution in [0.1, 0.15) is 41.0 Å². The summed E-state index contributed by atoms with van der Waals surface area (Å²) in [5.41, 5.74) is 3.87. The van der Waals surface area contributed by atoms with Gasteiger partial charge >= 0.3 is 0 Å². The van der Waals surface area contributed by atoms with Gasteiger partial charge in [0.2, 0.25) is 0 Å². The molecular weight excluding hydrogens is 404 g/mol. The van der Waals surface area contributed by atoms with Gasteiger partial charge in [0.05, 0.1) is 3.39 Å². The van der Waals surface area contributed by atoms with E-state index in [0.717, 1.165) is 9.81 Å². The molecule has 0 bridgehead atoms. The molecule has 0 radical (unpaired) electrons. The molecule has 0 spiro atoms. The van der Waals surface area contributed by atoms with Crippen LogP contribution in [0.15, 0.2) is 21.6 Å². The molecule has 0 heterocycles. The largest absolute Gasteiger partial charge is 0.137 e. The normalized spacial score (nSPS) is 28.7. The molecule has 1 aliphatic carbocycles. The monoisotopic (exact) mass is 430 g/mol. The van der Waals surface area contributed by atoms with Gasteiger partial charge in [-0.2, -0.15) is 0 Å². The maximum absolute atomic E-state index is 3.81. The Labute approximate surface area is 149 Å². The Morgan fingerprint density at radius 3 is 2.29 bits per heavy atom. The van der Waals surface area contributed by atoms with Crippen LogP contribution in [-0.4, -0.2) is 8.07 Å². The molecule has 1 rings (SSSR count). The van der Waals surface area contributed by atoms with E-state index in [9.17, 15) is 0 Å². The molecule has 0 fully saturated rings. The van der Waals surface area contributed by atoms with Crippen molar-refractivity contribution in [3.8, 4) is 11.5 Å². The fourth-order valence-electron chi connectivity index (χ4n) is 3.19. The predicted molar refractivity (Wildman–Crippen MR) is 105 cm³/mol. The molecule has 1 aliphatic rings. The highest BCUT2D eigenvalue weighted by Gasteiger charge is 2.35. The Bertz CT molecular complexity index is 453. The highest BCUT2D eigenvalue weighted by Crippen LogP contribution is 2.41. The van der Waals surface area contributed by atoms with Gasteiger partial charge in [0.25, 0.3) is 0 Å². The van der Waals surface area contributed by atoms with Gasteiger partial charge in [0, 0.05) is 11.3 Å². The van der Waals surface area contributed by atoms with Crippen molar-refractivity contribution in [1.29, 1.82) is 0 Å². The van der Waals surface area contributed by atoms with Crippen LogP contribution < -0.4 is 0 Å². The first-order chi connectivity index (χ1) is 9.80. The molecule has 0 aromatic carbocycles. The lowest BCUT2D eigenvalue weighted by atomic mass is 9.68. The zero-order chi connectivity index (χ0) is 16.1. The van der Waals surface area contributed by atoms with Crippen molar-refractivity contribution in [1.82, 2.24) is 0 Å². The molecule has 3 atom stereocenters. The van der Waals surface area contributed by atoms with E-state index >= 15 is 0 Å². The maximum Gasteiger partial charge on any atom is 0.137 e. The second kappa shape index (κ2) is 8.18. The fourth-order valence-corrected chi connectivity index (χ4v) is 6.35. The van der Waals surface area contributed by atoms with Crippen LogP contribution in [0.4, 0.5) is 0 Å². The lowest BCUT2D eigenvalue weighted by molar-refractivity contribution is 0.294. The van der Waals surface area contributed by atoms with Crippen LogP contribution >= 0.6 is 31.9 Å². The van der Waals surface area contributed by atoms with Gasteiger partial charge in [-0.25, -0.2) is 0 Å². The summed E-state index contributed by atoms with van der Waals surface area (Å²) in [4.78, 5) is 0. The van der Waals surface area contributed by atoms with Crippen LogP contribution in [0, 0.1) is 28.7 Å². The van der Waals surface area contributed by atoms with Crippen molar-refractivity contribution in [2.45, 2.75) is 59.2 Å². The summed E-state index contributed by atoms with van der Waals surface area (Å²) in [6.45, 7) is 11.6. The first-order valence-corrected chi connectivity index (χ1v) is 12.3. The Morgan fingerprint density at radius 2 is 1.81 bits per heavy atom. The SMILES string of the molecule is CC[Si](C#C[C@]1(C)C[C@H](C)C=C[C@@H]1C=C(Br)Br)(CC)CC. The Kier molecular flexibility index (Phi) is 7.50. The highest BCUT2D eigenvalue weighted by molar-refractivity contribution is 9.28. The van der Waals surface area contributed by atoms with Crippen molar-refractivity contribution < 1.29 is 0 Å². The molecule has 21 heavy (non-hydrogen) atoms. The van der Waals surface area contributed by atoms with Crippen LogP contribution in [0.3, 0.4) is 0 Å². The van der Waals surface area contributed by atoms with Crippen molar-refractivity contribution in [3.05, 3.63) is 21.6 Å². The highest BCUT2D eigenvalue weighted by atomic mass is 79.9. The van der Waals surface area contributed by atoms with Crippen LogP contribution in [-0.2, 0) is 0 Å². The van der Waals surface area contributed by atoms with E-state index < -0.39 is 8.07 Å². The molecule has 0 amide bonds. The van der Waals surface area contributed by atoms with E-state index in [1.54, 1.807) is 0 Å². The number of rotatable bonds is 4. The smallest absolute Gasteiger partial charge is 0.131 e. The third kappa shape index (κ3) is 5.11. The van der Waals surface area contributed by atoms with E-state index in [0.29, 0.717) is 11.8 Å². The van der Waals surface area contributed by atoms with E-state index in [4.69, 9.17) is 0 Å². The third-order valence-electron chi connectivity index (χ3n) is 5.08. The number of hydrogen-bond acceptors (Lipinski definition) is 0. The summed E-state index contributed by atoms with van der Waals surface area (Å²) >= 11 is 7.03. The minimum atomic E-state index is -1.37. The number of halogens is 2. The minimum absolute atomic E-state index is 0.0543. The topological polar surface area (TPSA) is 0 Å². The first kappa shape index (κ1) is 19.3. The van der Waals surface area contributed by atoms with Gasteiger partial charge in [-0.15, -0.1) is 11.5 Å². The van der Waals surface area contributed by atoms with Gasteiger partial charge in [-0.05, 0) is 69.3 Å². The summed E-state index contributed by atoms with van der Waals surface area (Å²) in [7, 11) is -1.37. The predicted octanol–water partition coefficient (Wildman–Crippen LogP) is 6.89. The maximum atomic E-state index is 3.81. The van der Waals surface area contributed by atoms with Gasteiger partial charge < -0.3 is 0 Å². The summed E-state index contributed by atoms with van der Waals surface area (Å²) in [6, 6.07) is 3.82. The van der Waals surface area contributed by atoms with E-state index in [1.807, 2.05) is 0 Å². The van der Waals surface area contributed by atoms with E-state index in [-0.39, 0.29) is 5.41 Å². The zero-order valence-electron chi connectivity index (χ0n) is 14.0. The quantitative estimate of drug-likeness (QED) is 0.258. The summed E-state index contributed by atoms with van der Waals surface area (Å²) in [5, 5.41) is 0. The lowest BCUT2D eigenvalue weighted by Crippen LogP contribution is -2.33. The Balaban J connectivity index is 3.17. The van der Waals surface area contributed by atoms with Gasteiger partial charge in [0.1, 0.15) is 8.07 Å². The minimum Gasteiger partial charge on any atom is -0.131 e. The van der Waals surface area contributed by atoms with Crippen molar-refractivity contribution in [2.75, 3.05) is 0 Å². The zero-order valence-corrected chi connectivity index (χ0v) is 18.1. The molecule has 0 aliphatic heterocycles. The van der Waals surface area contributed by atoms with Gasteiger partial charge in [-0.3, -0.25) is 0 Å². The molecule has 0 N–H and O–H groups in total. The lowest BCUT2D eigenvalue weighted by Gasteiger charge is -2.36. The molecule has 0 aromatic heterocycles. The number of allylic oxidation sites excluding steroid dienone is 3. The Hall–Kier alpha value is 0.217. The van der Waals surface area contributed by atoms with Gasteiger partial charge in [0.15, 0.2) is 0 Å². The second-order valence-corrected chi connectivity index (χ2v) is 14.3. The van der Waals surface area contributed by atoms with Crippen molar-refractivity contribution >= 4 is 39.9 Å². The van der Waals surface area contributed by atoms with Crippen LogP contribution in [0.25, 0.3) is 0 Å². The first-order valence-electron chi connectivity index (χ1n) is 8.06. The molecule has 3 heteroatoms. The van der Waals surface area contributed by atoms with E-state index in [1.165, 1.54) is 18.1 Å². The number of hydrogen-bond donors (Lipinski definition) is 0. The molecule has 0 nitrogen and oxygen atoms in total. The van der Waals surface area contributed by atoms with Crippen molar-refractivity contribution in [2.24, 2.45) is 17.3 Å². The molecule has 118 valence electrons. The Morgan fingerprint density at radius 1 is 1.24 bits per heavy atom. The molecule has 0 unspecified atom stereocenters. The van der Waals surface area contributed by atoms with Crippen LogP contribution in [0.2, 0.25) is 18.1 Å². The standard InChI is InChI=1S/C18H28Br2Si/c1-6-21(7-2,8-3)12-11-18(5)14-15(4)9-10-16(18)13-17(19)20/h9-10,13,15-16H,6-8,14H2,1-5H3/t15-,16-,18-/m1/s1.